The summed E-state index contributed by atoms with van der Waals surface area (Å²) in [5, 5.41) is 11.3. The lowest BCUT2D eigenvalue weighted by molar-refractivity contribution is -0.116. The Morgan fingerprint density at radius 2 is 1.81 bits per heavy atom. The third kappa shape index (κ3) is 4.97. The maximum atomic E-state index is 12.0. The zero-order chi connectivity index (χ0) is 18.4. The maximum Gasteiger partial charge on any atom is 0.246 e. The summed E-state index contributed by atoms with van der Waals surface area (Å²) < 4.78 is 12.2. The number of aromatic nitrogens is 3. The molecule has 7 nitrogen and oxygen atoms in total. The molecule has 0 bridgehead atoms. The van der Waals surface area contributed by atoms with E-state index in [-0.39, 0.29) is 19.1 Å². The van der Waals surface area contributed by atoms with Crippen molar-refractivity contribution in [3.8, 4) is 11.5 Å². The number of methoxy groups -OCH3 is 1. The first-order chi connectivity index (χ1) is 12.6. The monoisotopic (exact) mass is 372 g/mol. The second-order valence-electron chi connectivity index (χ2n) is 5.43. The van der Waals surface area contributed by atoms with Gasteiger partial charge < -0.3 is 14.8 Å². The molecule has 0 atom stereocenters. The van der Waals surface area contributed by atoms with Crippen LogP contribution in [-0.4, -0.2) is 28.0 Å². The average Bonchev–Trinajstić information content (AvgIpc) is 3.09. The molecule has 0 fully saturated rings. The van der Waals surface area contributed by atoms with Crippen molar-refractivity contribution in [3.05, 3.63) is 65.4 Å². The van der Waals surface area contributed by atoms with Gasteiger partial charge in [0.1, 0.15) is 30.3 Å². The fourth-order valence-corrected chi connectivity index (χ4v) is 2.32. The number of carbonyl (C=O) groups excluding carboxylic acids is 1. The van der Waals surface area contributed by atoms with Crippen LogP contribution in [0.1, 0.15) is 5.69 Å². The van der Waals surface area contributed by atoms with Gasteiger partial charge in [0.25, 0.3) is 0 Å². The number of rotatable bonds is 7. The highest BCUT2D eigenvalue weighted by Gasteiger charge is 2.07. The summed E-state index contributed by atoms with van der Waals surface area (Å²) in [6, 6.07) is 14.1. The molecule has 0 saturated heterocycles. The Morgan fingerprint density at radius 3 is 2.50 bits per heavy atom. The first kappa shape index (κ1) is 17.8. The molecule has 0 saturated carbocycles. The second kappa shape index (κ2) is 8.35. The Morgan fingerprint density at radius 1 is 1.12 bits per heavy atom. The first-order valence-electron chi connectivity index (χ1n) is 7.83. The minimum atomic E-state index is -0.208. The predicted octanol–water partition coefficient (Wildman–Crippen LogP) is 3.16. The van der Waals surface area contributed by atoms with Gasteiger partial charge in [0.2, 0.25) is 5.91 Å². The van der Waals surface area contributed by atoms with Crippen molar-refractivity contribution in [2.45, 2.75) is 13.2 Å². The van der Waals surface area contributed by atoms with E-state index in [1.54, 1.807) is 37.6 Å². The molecular weight excluding hydrogens is 356 g/mol. The number of hydrogen-bond donors (Lipinski definition) is 1. The molecule has 1 heterocycles. The van der Waals surface area contributed by atoms with E-state index in [0.29, 0.717) is 22.2 Å². The number of nitrogens with zero attached hydrogens (tertiary/aromatic N) is 3. The quantitative estimate of drug-likeness (QED) is 0.689. The van der Waals surface area contributed by atoms with E-state index in [2.05, 4.69) is 15.6 Å². The van der Waals surface area contributed by atoms with Crippen molar-refractivity contribution in [2.24, 2.45) is 0 Å². The molecule has 0 aliphatic rings. The van der Waals surface area contributed by atoms with Gasteiger partial charge in [-0.1, -0.05) is 16.8 Å². The maximum absolute atomic E-state index is 12.0. The molecule has 2 aromatic carbocycles. The van der Waals surface area contributed by atoms with Gasteiger partial charge in [-0.05, 0) is 48.5 Å². The third-order valence-electron chi connectivity index (χ3n) is 3.47. The van der Waals surface area contributed by atoms with Gasteiger partial charge in [0.05, 0.1) is 13.3 Å². The van der Waals surface area contributed by atoms with Crippen LogP contribution < -0.4 is 14.8 Å². The lowest BCUT2D eigenvalue weighted by atomic mass is 10.3. The average molecular weight is 373 g/mol. The molecule has 8 heteroatoms. The smallest absolute Gasteiger partial charge is 0.246 e. The number of benzene rings is 2. The van der Waals surface area contributed by atoms with Crippen LogP contribution in [0, 0.1) is 0 Å². The van der Waals surface area contributed by atoms with E-state index in [1.807, 2.05) is 24.3 Å². The molecule has 0 spiro atoms. The SMILES string of the molecule is COc1ccc(OCc2cn(CC(=O)Nc3ccc(Cl)cc3)nn2)cc1. The highest BCUT2D eigenvalue weighted by molar-refractivity contribution is 6.30. The van der Waals surface area contributed by atoms with E-state index in [0.717, 1.165) is 5.75 Å². The minimum Gasteiger partial charge on any atom is -0.497 e. The Hall–Kier alpha value is -3.06. The largest absolute Gasteiger partial charge is 0.497 e. The molecule has 0 radical (unpaired) electrons. The van der Waals surface area contributed by atoms with Gasteiger partial charge in [-0.15, -0.1) is 5.10 Å². The van der Waals surface area contributed by atoms with E-state index in [4.69, 9.17) is 21.1 Å². The predicted molar refractivity (Wildman–Crippen MR) is 97.4 cm³/mol. The number of nitrogens with one attached hydrogen (secondary N) is 1. The highest BCUT2D eigenvalue weighted by Crippen LogP contribution is 2.18. The zero-order valence-electron chi connectivity index (χ0n) is 14.1. The molecule has 134 valence electrons. The van der Waals surface area contributed by atoms with E-state index in [1.165, 1.54) is 4.68 Å². The van der Waals surface area contributed by atoms with Crippen molar-refractivity contribution in [2.75, 3.05) is 12.4 Å². The van der Waals surface area contributed by atoms with Crippen molar-refractivity contribution in [1.29, 1.82) is 0 Å². The standard InChI is InChI=1S/C18H17ClN4O3/c1-25-16-6-8-17(9-7-16)26-12-15-10-23(22-21-15)11-18(24)20-14-4-2-13(19)3-5-14/h2-10H,11-12H2,1H3,(H,20,24). The van der Waals surface area contributed by atoms with Crippen LogP contribution in [0.25, 0.3) is 0 Å². The molecule has 26 heavy (non-hydrogen) atoms. The topological polar surface area (TPSA) is 78.3 Å². The van der Waals surface area contributed by atoms with Crippen LogP contribution >= 0.6 is 11.6 Å². The molecule has 0 aliphatic heterocycles. The highest BCUT2D eigenvalue weighted by atomic mass is 35.5. The summed E-state index contributed by atoms with van der Waals surface area (Å²) in [5.41, 5.74) is 1.29. The van der Waals surface area contributed by atoms with Crippen LogP contribution in [-0.2, 0) is 17.9 Å². The summed E-state index contributed by atoms with van der Waals surface area (Å²) in [6.07, 6.45) is 1.67. The van der Waals surface area contributed by atoms with Crippen molar-refractivity contribution in [1.82, 2.24) is 15.0 Å². The van der Waals surface area contributed by atoms with Crippen LogP contribution in [0.15, 0.2) is 54.7 Å². The summed E-state index contributed by atoms with van der Waals surface area (Å²) in [7, 11) is 1.61. The van der Waals surface area contributed by atoms with E-state index >= 15 is 0 Å². The summed E-state index contributed by atoms with van der Waals surface area (Å²) in [5.74, 6) is 1.25. The van der Waals surface area contributed by atoms with E-state index in [9.17, 15) is 4.79 Å². The Labute approximate surface area is 155 Å². The van der Waals surface area contributed by atoms with Gasteiger partial charge in [-0.2, -0.15) is 0 Å². The summed E-state index contributed by atoms with van der Waals surface area (Å²) in [6.45, 7) is 0.309. The van der Waals surface area contributed by atoms with Crippen molar-refractivity contribution >= 4 is 23.2 Å². The van der Waals surface area contributed by atoms with Crippen LogP contribution in [0.4, 0.5) is 5.69 Å². The van der Waals surface area contributed by atoms with Crippen molar-refractivity contribution in [3.63, 3.8) is 0 Å². The van der Waals surface area contributed by atoms with Crippen LogP contribution in [0.3, 0.4) is 0 Å². The molecule has 3 rings (SSSR count). The number of anilines is 1. The molecular formula is C18H17ClN4O3. The third-order valence-corrected chi connectivity index (χ3v) is 3.72. The number of ether oxygens (including phenoxy) is 2. The molecule has 1 aromatic heterocycles. The fraction of sp³-hybridized carbons (Fsp3) is 0.167. The normalized spacial score (nSPS) is 10.4. The van der Waals surface area contributed by atoms with Gasteiger partial charge in [-0.25, -0.2) is 4.68 Å². The number of hydrogen-bond acceptors (Lipinski definition) is 5. The van der Waals surface area contributed by atoms with Gasteiger partial charge in [0, 0.05) is 10.7 Å². The minimum absolute atomic E-state index is 0.0537. The van der Waals surface area contributed by atoms with Crippen molar-refractivity contribution < 1.29 is 14.3 Å². The molecule has 3 aromatic rings. The lowest BCUT2D eigenvalue weighted by Gasteiger charge is -2.05. The summed E-state index contributed by atoms with van der Waals surface area (Å²) in [4.78, 5) is 12.0. The fourth-order valence-electron chi connectivity index (χ4n) is 2.19. The summed E-state index contributed by atoms with van der Waals surface area (Å²) >= 11 is 5.82. The van der Waals surface area contributed by atoms with Gasteiger partial charge in [-0.3, -0.25) is 4.79 Å². The van der Waals surface area contributed by atoms with Gasteiger partial charge in [0.15, 0.2) is 0 Å². The Kier molecular flexibility index (Phi) is 5.70. The molecule has 0 unspecified atom stereocenters. The molecule has 1 N–H and O–H groups in total. The number of halogens is 1. The Bertz CT molecular complexity index is 863. The van der Waals surface area contributed by atoms with Gasteiger partial charge >= 0.3 is 0 Å². The van der Waals surface area contributed by atoms with Crippen LogP contribution in [0.5, 0.6) is 11.5 Å². The van der Waals surface area contributed by atoms with E-state index < -0.39 is 0 Å². The molecule has 1 amide bonds. The second-order valence-corrected chi connectivity index (χ2v) is 5.86. The number of amides is 1. The van der Waals surface area contributed by atoms with Crippen LogP contribution in [0.2, 0.25) is 5.02 Å². The lowest BCUT2D eigenvalue weighted by Crippen LogP contribution is -2.19. The molecule has 0 aliphatic carbocycles. The Balaban J connectivity index is 1.50. The zero-order valence-corrected chi connectivity index (χ0v) is 14.8. The number of carbonyl (C=O) groups is 1. The first-order valence-corrected chi connectivity index (χ1v) is 8.21.